The Labute approximate surface area is 123 Å². The van der Waals surface area contributed by atoms with E-state index in [1.807, 2.05) is 12.1 Å². The number of sulfone groups is 1. The summed E-state index contributed by atoms with van der Waals surface area (Å²) < 4.78 is 23.3. The lowest BCUT2D eigenvalue weighted by Crippen LogP contribution is -2.23. The molecule has 0 amide bonds. The van der Waals surface area contributed by atoms with E-state index in [1.165, 1.54) is 19.1 Å². The number of hydrogen-bond acceptors (Lipinski definition) is 3. The van der Waals surface area contributed by atoms with Crippen molar-refractivity contribution in [2.45, 2.75) is 51.0 Å². The van der Waals surface area contributed by atoms with E-state index in [4.69, 9.17) is 0 Å². The molecule has 0 aromatic heterocycles. The first-order valence-electron chi connectivity index (χ1n) is 7.41. The molecular formula is C16H27NO2S. The van der Waals surface area contributed by atoms with E-state index in [1.54, 1.807) is 12.1 Å². The van der Waals surface area contributed by atoms with Crippen molar-refractivity contribution < 1.29 is 8.42 Å². The average Bonchev–Trinajstić information content (AvgIpc) is 2.38. The van der Waals surface area contributed by atoms with Crippen molar-refractivity contribution in [1.29, 1.82) is 0 Å². The van der Waals surface area contributed by atoms with Gasteiger partial charge >= 0.3 is 0 Å². The standard InChI is InChI=1S/C16H27NO2S/c1-5-8-13(3)11-16(17-6-2)14-9-7-10-15(12-14)20(4,18)19/h7,9-10,12-13,16-17H,5-6,8,11H2,1-4H3. The monoisotopic (exact) mass is 297 g/mol. The summed E-state index contributed by atoms with van der Waals surface area (Å²) in [6.07, 6.45) is 4.68. The quantitative estimate of drug-likeness (QED) is 0.798. The van der Waals surface area contributed by atoms with Crippen molar-refractivity contribution in [3.8, 4) is 0 Å². The molecule has 1 N–H and O–H groups in total. The van der Waals surface area contributed by atoms with Crippen LogP contribution in [0.25, 0.3) is 0 Å². The summed E-state index contributed by atoms with van der Waals surface area (Å²) in [5, 5.41) is 3.47. The molecule has 3 nitrogen and oxygen atoms in total. The van der Waals surface area contributed by atoms with Crippen molar-refractivity contribution in [3.05, 3.63) is 29.8 Å². The van der Waals surface area contributed by atoms with Gasteiger partial charge in [0.15, 0.2) is 9.84 Å². The maximum Gasteiger partial charge on any atom is 0.175 e. The fourth-order valence-electron chi connectivity index (χ4n) is 2.56. The van der Waals surface area contributed by atoms with Gasteiger partial charge < -0.3 is 5.32 Å². The molecule has 1 aromatic carbocycles. The zero-order valence-electron chi connectivity index (χ0n) is 13.0. The van der Waals surface area contributed by atoms with Crippen LogP contribution in [0.15, 0.2) is 29.2 Å². The predicted octanol–water partition coefficient (Wildman–Crippen LogP) is 3.57. The highest BCUT2D eigenvalue weighted by atomic mass is 32.2. The molecule has 4 heteroatoms. The minimum Gasteiger partial charge on any atom is -0.310 e. The van der Waals surface area contributed by atoms with Crippen molar-refractivity contribution in [3.63, 3.8) is 0 Å². The number of rotatable bonds is 8. The fourth-order valence-corrected chi connectivity index (χ4v) is 3.23. The van der Waals surface area contributed by atoms with Gasteiger partial charge in [-0.05, 0) is 36.6 Å². The summed E-state index contributed by atoms with van der Waals surface area (Å²) in [4.78, 5) is 0.404. The third-order valence-corrected chi connectivity index (χ3v) is 4.67. The molecule has 20 heavy (non-hydrogen) atoms. The van der Waals surface area contributed by atoms with Crippen molar-refractivity contribution in [2.24, 2.45) is 5.92 Å². The first-order chi connectivity index (χ1) is 9.38. The predicted molar refractivity (Wildman–Crippen MR) is 84.7 cm³/mol. The van der Waals surface area contributed by atoms with Crippen LogP contribution < -0.4 is 5.32 Å². The van der Waals surface area contributed by atoms with E-state index in [0.717, 1.165) is 18.5 Å². The lowest BCUT2D eigenvalue weighted by atomic mass is 9.93. The highest BCUT2D eigenvalue weighted by molar-refractivity contribution is 7.90. The van der Waals surface area contributed by atoms with Crippen molar-refractivity contribution in [2.75, 3.05) is 12.8 Å². The summed E-state index contributed by atoms with van der Waals surface area (Å²) in [6, 6.07) is 7.54. The van der Waals surface area contributed by atoms with Crippen LogP contribution in [-0.2, 0) is 9.84 Å². The molecule has 0 radical (unpaired) electrons. The lowest BCUT2D eigenvalue weighted by Gasteiger charge is -2.22. The summed E-state index contributed by atoms with van der Waals surface area (Å²) in [7, 11) is -3.14. The Morgan fingerprint density at radius 1 is 1.25 bits per heavy atom. The highest BCUT2D eigenvalue weighted by Crippen LogP contribution is 2.25. The minimum absolute atomic E-state index is 0.225. The molecule has 0 heterocycles. The maximum atomic E-state index is 11.7. The smallest absolute Gasteiger partial charge is 0.175 e. The van der Waals surface area contributed by atoms with Crippen LogP contribution in [0.5, 0.6) is 0 Å². The topological polar surface area (TPSA) is 46.2 Å². The van der Waals surface area contributed by atoms with E-state index in [0.29, 0.717) is 10.8 Å². The molecule has 1 aromatic rings. The molecule has 0 saturated carbocycles. The summed E-state index contributed by atoms with van der Waals surface area (Å²) in [6.45, 7) is 7.42. The number of hydrogen-bond donors (Lipinski definition) is 1. The SMILES string of the molecule is CCCC(C)CC(NCC)c1cccc(S(C)(=O)=O)c1. The second-order valence-corrected chi connectivity index (χ2v) is 7.60. The first-order valence-corrected chi connectivity index (χ1v) is 9.31. The Morgan fingerprint density at radius 2 is 1.95 bits per heavy atom. The molecule has 0 aliphatic heterocycles. The second kappa shape index (κ2) is 7.79. The molecule has 0 aliphatic rings. The van der Waals surface area contributed by atoms with Crippen LogP contribution in [0.1, 0.15) is 51.6 Å². The van der Waals surface area contributed by atoms with E-state index >= 15 is 0 Å². The van der Waals surface area contributed by atoms with Gasteiger partial charge in [-0.2, -0.15) is 0 Å². The van der Waals surface area contributed by atoms with E-state index in [-0.39, 0.29) is 6.04 Å². The Kier molecular flexibility index (Phi) is 6.69. The van der Waals surface area contributed by atoms with Gasteiger partial charge in [-0.3, -0.25) is 0 Å². The largest absolute Gasteiger partial charge is 0.310 e. The molecule has 0 spiro atoms. The molecule has 0 bridgehead atoms. The molecule has 2 unspecified atom stereocenters. The van der Waals surface area contributed by atoms with Crippen LogP contribution in [-0.4, -0.2) is 21.2 Å². The third-order valence-electron chi connectivity index (χ3n) is 3.56. The first kappa shape index (κ1) is 17.2. The van der Waals surface area contributed by atoms with Gasteiger partial charge in [-0.1, -0.05) is 45.7 Å². The van der Waals surface area contributed by atoms with Crippen LogP contribution in [0.4, 0.5) is 0 Å². The zero-order valence-corrected chi connectivity index (χ0v) is 13.8. The van der Waals surface area contributed by atoms with Crippen molar-refractivity contribution in [1.82, 2.24) is 5.32 Å². The summed E-state index contributed by atoms with van der Waals surface area (Å²) >= 11 is 0. The normalized spacial score (nSPS) is 15.0. The Balaban J connectivity index is 2.97. The van der Waals surface area contributed by atoms with Crippen molar-refractivity contribution >= 4 is 9.84 Å². The molecule has 0 fully saturated rings. The van der Waals surface area contributed by atoms with Gasteiger partial charge in [-0.25, -0.2) is 8.42 Å². The highest BCUT2D eigenvalue weighted by Gasteiger charge is 2.16. The minimum atomic E-state index is -3.14. The van der Waals surface area contributed by atoms with E-state index in [9.17, 15) is 8.42 Å². The molecule has 2 atom stereocenters. The van der Waals surface area contributed by atoms with Crippen LogP contribution in [0, 0.1) is 5.92 Å². The molecular weight excluding hydrogens is 270 g/mol. The van der Waals surface area contributed by atoms with Gasteiger partial charge in [0.05, 0.1) is 4.90 Å². The molecule has 0 aliphatic carbocycles. The van der Waals surface area contributed by atoms with E-state index < -0.39 is 9.84 Å². The second-order valence-electron chi connectivity index (χ2n) is 5.58. The van der Waals surface area contributed by atoms with Gasteiger partial charge in [0.25, 0.3) is 0 Å². The fraction of sp³-hybridized carbons (Fsp3) is 0.625. The summed E-state index contributed by atoms with van der Waals surface area (Å²) in [5.41, 5.74) is 1.07. The lowest BCUT2D eigenvalue weighted by molar-refractivity contribution is 0.395. The Hall–Kier alpha value is -0.870. The van der Waals surface area contributed by atoms with Crippen LogP contribution >= 0.6 is 0 Å². The molecule has 114 valence electrons. The van der Waals surface area contributed by atoms with E-state index in [2.05, 4.69) is 26.1 Å². The number of nitrogens with one attached hydrogen (secondary N) is 1. The molecule has 0 saturated heterocycles. The van der Waals surface area contributed by atoms with Crippen LogP contribution in [0.2, 0.25) is 0 Å². The van der Waals surface area contributed by atoms with Gasteiger partial charge in [0.1, 0.15) is 0 Å². The van der Waals surface area contributed by atoms with Crippen LogP contribution in [0.3, 0.4) is 0 Å². The average molecular weight is 297 g/mol. The zero-order chi connectivity index (χ0) is 15.2. The van der Waals surface area contributed by atoms with Gasteiger partial charge in [-0.15, -0.1) is 0 Å². The number of benzene rings is 1. The third kappa shape index (κ3) is 5.25. The van der Waals surface area contributed by atoms with Gasteiger partial charge in [0.2, 0.25) is 0 Å². The van der Waals surface area contributed by atoms with Gasteiger partial charge in [0, 0.05) is 12.3 Å². The molecule has 1 rings (SSSR count). The maximum absolute atomic E-state index is 11.7. The summed E-state index contributed by atoms with van der Waals surface area (Å²) in [5.74, 6) is 0.630. The Bertz CT molecular complexity index is 511. The Morgan fingerprint density at radius 3 is 2.50 bits per heavy atom.